The lowest BCUT2D eigenvalue weighted by atomic mass is 9.84. The van der Waals surface area contributed by atoms with E-state index in [0.717, 1.165) is 18.1 Å². The van der Waals surface area contributed by atoms with Gasteiger partial charge in [0.05, 0.1) is 6.61 Å². The van der Waals surface area contributed by atoms with Crippen molar-refractivity contribution in [1.82, 2.24) is 5.32 Å². The van der Waals surface area contributed by atoms with Gasteiger partial charge in [0.1, 0.15) is 0 Å². The number of aliphatic hydroxyl groups excluding tert-OH is 1. The van der Waals surface area contributed by atoms with E-state index in [2.05, 4.69) is 18.5 Å². The summed E-state index contributed by atoms with van der Waals surface area (Å²) in [4.78, 5) is 0. The topological polar surface area (TPSA) is 32.3 Å². The highest BCUT2D eigenvalue weighted by Gasteiger charge is 2.21. The highest BCUT2D eigenvalue weighted by molar-refractivity contribution is 7.98. The Morgan fingerprint density at radius 2 is 2.00 bits per heavy atom. The number of hydrogen-bond donors (Lipinski definition) is 2. The highest BCUT2D eigenvalue weighted by atomic mass is 32.2. The van der Waals surface area contributed by atoms with Crippen LogP contribution in [0.1, 0.15) is 45.4 Å². The van der Waals surface area contributed by atoms with E-state index in [1.165, 1.54) is 32.1 Å². The molecule has 1 aliphatic rings. The largest absolute Gasteiger partial charge is 0.395 e. The van der Waals surface area contributed by atoms with Crippen LogP contribution in [0.25, 0.3) is 0 Å². The van der Waals surface area contributed by atoms with Crippen LogP contribution in [0.4, 0.5) is 0 Å². The minimum Gasteiger partial charge on any atom is -0.395 e. The van der Waals surface area contributed by atoms with E-state index in [-0.39, 0.29) is 6.61 Å². The molecule has 0 aromatic carbocycles. The van der Waals surface area contributed by atoms with Crippen molar-refractivity contribution >= 4 is 11.8 Å². The van der Waals surface area contributed by atoms with Gasteiger partial charge < -0.3 is 10.4 Å². The average Bonchev–Trinajstić information content (AvgIpc) is 2.35. The molecule has 0 amide bonds. The Hall–Kier alpha value is 0.270. The van der Waals surface area contributed by atoms with Gasteiger partial charge in [0.25, 0.3) is 0 Å². The van der Waals surface area contributed by atoms with Crippen LogP contribution in [-0.2, 0) is 0 Å². The predicted molar refractivity (Wildman–Crippen MR) is 73.0 cm³/mol. The maximum Gasteiger partial charge on any atom is 0.0585 e. The molecular weight excluding hydrogens is 218 g/mol. The molecular formula is C13H27NOS. The molecule has 3 heteroatoms. The summed E-state index contributed by atoms with van der Waals surface area (Å²) in [5.41, 5.74) is 0. The average molecular weight is 245 g/mol. The molecule has 1 unspecified atom stereocenters. The van der Waals surface area contributed by atoms with Crippen molar-refractivity contribution in [3.63, 3.8) is 0 Å². The molecule has 1 rings (SSSR count). The molecule has 2 N–H and O–H groups in total. The van der Waals surface area contributed by atoms with Gasteiger partial charge in [-0.05, 0) is 50.0 Å². The van der Waals surface area contributed by atoms with Crippen molar-refractivity contribution in [3.8, 4) is 0 Å². The standard InChI is InChI=1S/C13H27NOS/c1-3-11-4-6-12(7-5-11)14-13(10-15)8-9-16-2/h11-15H,3-10H2,1-2H3. The van der Waals surface area contributed by atoms with Crippen LogP contribution < -0.4 is 5.32 Å². The molecule has 0 heterocycles. The smallest absolute Gasteiger partial charge is 0.0585 e. The molecule has 1 aliphatic carbocycles. The summed E-state index contributed by atoms with van der Waals surface area (Å²) in [6, 6.07) is 0.970. The summed E-state index contributed by atoms with van der Waals surface area (Å²) < 4.78 is 0. The van der Waals surface area contributed by atoms with Crippen LogP contribution in [0.3, 0.4) is 0 Å². The summed E-state index contributed by atoms with van der Waals surface area (Å²) in [5, 5.41) is 12.9. The molecule has 0 aliphatic heterocycles. The third-order valence-electron chi connectivity index (χ3n) is 3.79. The zero-order chi connectivity index (χ0) is 11.8. The van der Waals surface area contributed by atoms with E-state index in [0.29, 0.717) is 12.1 Å². The van der Waals surface area contributed by atoms with Crippen LogP contribution in [-0.4, -0.2) is 35.8 Å². The van der Waals surface area contributed by atoms with E-state index in [1.54, 1.807) is 0 Å². The maximum absolute atomic E-state index is 9.31. The fourth-order valence-corrected chi connectivity index (χ4v) is 3.08. The lowest BCUT2D eigenvalue weighted by Gasteiger charge is -2.31. The normalized spacial score (nSPS) is 27.9. The van der Waals surface area contributed by atoms with E-state index < -0.39 is 0 Å². The van der Waals surface area contributed by atoms with Crippen LogP contribution in [0.15, 0.2) is 0 Å². The first kappa shape index (κ1) is 14.3. The fourth-order valence-electron chi connectivity index (χ4n) is 2.56. The molecule has 0 aromatic rings. The Labute approximate surface area is 105 Å². The highest BCUT2D eigenvalue weighted by Crippen LogP contribution is 2.26. The summed E-state index contributed by atoms with van der Waals surface area (Å²) in [6.45, 7) is 2.59. The Morgan fingerprint density at radius 1 is 1.31 bits per heavy atom. The first-order valence-electron chi connectivity index (χ1n) is 6.66. The SMILES string of the molecule is CCC1CCC(NC(CO)CCSC)CC1. The number of thioether (sulfide) groups is 1. The van der Waals surface area contributed by atoms with Crippen LogP contribution >= 0.6 is 11.8 Å². The van der Waals surface area contributed by atoms with Crippen LogP contribution in [0, 0.1) is 5.92 Å². The molecule has 0 bridgehead atoms. The zero-order valence-electron chi connectivity index (χ0n) is 10.7. The van der Waals surface area contributed by atoms with Crippen molar-refractivity contribution in [2.75, 3.05) is 18.6 Å². The monoisotopic (exact) mass is 245 g/mol. The summed E-state index contributed by atoms with van der Waals surface area (Å²) in [7, 11) is 0. The van der Waals surface area contributed by atoms with Crippen LogP contribution in [0.5, 0.6) is 0 Å². The summed E-state index contributed by atoms with van der Waals surface area (Å²) in [6.07, 6.45) is 9.89. The first-order chi connectivity index (χ1) is 7.80. The second kappa shape index (κ2) is 8.37. The molecule has 0 saturated heterocycles. The zero-order valence-corrected chi connectivity index (χ0v) is 11.6. The number of aliphatic hydroxyl groups is 1. The molecule has 16 heavy (non-hydrogen) atoms. The Balaban J connectivity index is 2.20. The molecule has 0 radical (unpaired) electrons. The van der Waals surface area contributed by atoms with Gasteiger partial charge in [-0.3, -0.25) is 0 Å². The molecule has 2 nitrogen and oxygen atoms in total. The second-order valence-electron chi connectivity index (χ2n) is 4.95. The van der Waals surface area contributed by atoms with E-state index >= 15 is 0 Å². The van der Waals surface area contributed by atoms with E-state index in [1.807, 2.05) is 11.8 Å². The van der Waals surface area contributed by atoms with Gasteiger partial charge >= 0.3 is 0 Å². The molecule has 96 valence electrons. The molecule has 0 spiro atoms. The lowest BCUT2D eigenvalue weighted by Crippen LogP contribution is -2.42. The minimum absolute atomic E-state index is 0.286. The maximum atomic E-state index is 9.31. The Kier molecular flexibility index (Phi) is 7.50. The number of rotatable bonds is 7. The van der Waals surface area contributed by atoms with Crippen molar-refractivity contribution in [1.29, 1.82) is 0 Å². The van der Waals surface area contributed by atoms with Gasteiger partial charge in [0, 0.05) is 12.1 Å². The van der Waals surface area contributed by atoms with Gasteiger partial charge in [-0.1, -0.05) is 13.3 Å². The van der Waals surface area contributed by atoms with E-state index in [9.17, 15) is 5.11 Å². The van der Waals surface area contributed by atoms with Crippen molar-refractivity contribution in [2.24, 2.45) is 5.92 Å². The molecule has 1 saturated carbocycles. The van der Waals surface area contributed by atoms with E-state index in [4.69, 9.17) is 0 Å². The second-order valence-corrected chi connectivity index (χ2v) is 5.94. The van der Waals surface area contributed by atoms with Gasteiger partial charge in [-0.25, -0.2) is 0 Å². The minimum atomic E-state index is 0.286. The third-order valence-corrected chi connectivity index (χ3v) is 4.43. The fraction of sp³-hybridized carbons (Fsp3) is 1.00. The first-order valence-corrected chi connectivity index (χ1v) is 8.05. The van der Waals surface area contributed by atoms with Gasteiger partial charge in [-0.2, -0.15) is 11.8 Å². The van der Waals surface area contributed by atoms with Crippen molar-refractivity contribution in [2.45, 2.75) is 57.5 Å². The van der Waals surface area contributed by atoms with Gasteiger partial charge in [-0.15, -0.1) is 0 Å². The van der Waals surface area contributed by atoms with Gasteiger partial charge in [0.15, 0.2) is 0 Å². The number of hydrogen-bond acceptors (Lipinski definition) is 3. The summed E-state index contributed by atoms with van der Waals surface area (Å²) in [5.74, 6) is 2.10. The quantitative estimate of drug-likeness (QED) is 0.723. The van der Waals surface area contributed by atoms with Crippen LogP contribution in [0.2, 0.25) is 0 Å². The Bertz CT molecular complexity index is 169. The predicted octanol–water partition coefficient (Wildman–Crippen LogP) is 2.66. The van der Waals surface area contributed by atoms with Gasteiger partial charge in [0.2, 0.25) is 0 Å². The molecule has 1 atom stereocenters. The number of nitrogens with one attached hydrogen (secondary N) is 1. The summed E-state index contributed by atoms with van der Waals surface area (Å²) >= 11 is 1.86. The third kappa shape index (κ3) is 5.07. The van der Waals surface area contributed by atoms with Crippen molar-refractivity contribution in [3.05, 3.63) is 0 Å². The van der Waals surface area contributed by atoms with Crippen molar-refractivity contribution < 1.29 is 5.11 Å². The molecule has 0 aromatic heterocycles. The lowest BCUT2D eigenvalue weighted by molar-refractivity contribution is 0.203. The molecule has 1 fully saturated rings. The Morgan fingerprint density at radius 3 is 2.50 bits per heavy atom.